The summed E-state index contributed by atoms with van der Waals surface area (Å²) in [4.78, 5) is 13.8. The lowest BCUT2D eigenvalue weighted by Crippen LogP contribution is -2.05. The molecule has 0 radical (unpaired) electrons. The van der Waals surface area contributed by atoms with E-state index in [1.54, 1.807) is 18.2 Å². The Kier molecular flexibility index (Phi) is 3.77. The molecule has 0 unspecified atom stereocenters. The third-order valence-electron chi connectivity index (χ3n) is 3.26. The fourth-order valence-corrected chi connectivity index (χ4v) is 2.20. The Labute approximate surface area is 128 Å². The zero-order valence-electron chi connectivity index (χ0n) is 11.7. The second-order valence-corrected chi connectivity index (χ2v) is 4.99. The van der Waals surface area contributed by atoms with Crippen LogP contribution in [-0.4, -0.2) is 10.1 Å². The monoisotopic (exact) mass is 320 g/mol. The lowest BCUT2D eigenvalue weighted by atomic mass is 10.1. The van der Waals surface area contributed by atoms with Gasteiger partial charge < -0.3 is 9.51 Å². The summed E-state index contributed by atoms with van der Waals surface area (Å²) in [5, 5.41) is 3.84. The summed E-state index contributed by atoms with van der Waals surface area (Å²) >= 11 is 0. The number of nitrogens with zero attached hydrogens (tertiary/aromatic N) is 1. The highest BCUT2D eigenvalue weighted by atomic mass is 19.4. The molecule has 1 N–H and O–H groups in total. The molecule has 0 bridgehead atoms. The number of aromatic amines is 1. The normalized spacial score (nSPS) is 11.6. The van der Waals surface area contributed by atoms with Crippen LogP contribution >= 0.6 is 0 Å². The van der Waals surface area contributed by atoms with Gasteiger partial charge in [-0.1, -0.05) is 23.4 Å². The Bertz CT molecular complexity index is 881. The lowest BCUT2D eigenvalue weighted by molar-refractivity contribution is -0.137. The van der Waals surface area contributed by atoms with Gasteiger partial charge in [-0.3, -0.25) is 4.79 Å². The zero-order valence-corrected chi connectivity index (χ0v) is 11.7. The number of hydrogen-bond donors (Lipinski definition) is 1. The first-order chi connectivity index (χ1) is 10.9. The first kappa shape index (κ1) is 15.1. The number of hydrogen-bond acceptors (Lipinski definition) is 3. The van der Waals surface area contributed by atoms with Crippen LogP contribution < -0.4 is 5.56 Å². The summed E-state index contributed by atoms with van der Waals surface area (Å²) in [5.74, 6) is 0.416. The maximum atomic E-state index is 12.7. The maximum absolute atomic E-state index is 12.7. The topological polar surface area (TPSA) is 58.9 Å². The maximum Gasteiger partial charge on any atom is 0.416 e. The van der Waals surface area contributed by atoms with Gasteiger partial charge >= 0.3 is 6.18 Å². The molecule has 0 atom stereocenters. The quantitative estimate of drug-likeness (QED) is 0.801. The van der Waals surface area contributed by atoms with E-state index in [0.717, 1.165) is 12.1 Å². The molecule has 3 aromatic rings. The van der Waals surface area contributed by atoms with Gasteiger partial charge in [0.05, 0.1) is 5.56 Å². The summed E-state index contributed by atoms with van der Waals surface area (Å²) in [7, 11) is 0. The van der Waals surface area contributed by atoms with Crippen molar-refractivity contribution in [2.45, 2.75) is 12.6 Å². The highest BCUT2D eigenvalue weighted by molar-refractivity contribution is 5.57. The molecule has 0 saturated carbocycles. The minimum Gasteiger partial charge on any atom is -0.360 e. The number of rotatable bonds is 3. The number of H-pyrrole nitrogens is 1. The van der Waals surface area contributed by atoms with E-state index < -0.39 is 11.7 Å². The highest BCUT2D eigenvalue weighted by Crippen LogP contribution is 2.30. The minimum absolute atomic E-state index is 0.181. The predicted molar refractivity (Wildman–Crippen MR) is 76.8 cm³/mol. The predicted octanol–water partition coefficient (Wildman–Crippen LogP) is 3.64. The molecule has 0 spiro atoms. The van der Waals surface area contributed by atoms with Crippen molar-refractivity contribution in [2.75, 3.05) is 0 Å². The molecule has 0 aliphatic heterocycles. The van der Waals surface area contributed by atoms with E-state index in [1.165, 1.54) is 18.3 Å². The Morgan fingerprint density at radius 2 is 1.96 bits per heavy atom. The van der Waals surface area contributed by atoms with Crippen LogP contribution in [-0.2, 0) is 12.6 Å². The summed E-state index contributed by atoms with van der Waals surface area (Å²) in [6, 6.07) is 9.67. The first-order valence-corrected chi connectivity index (χ1v) is 6.73. The van der Waals surface area contributed by atoms with E-state index in [4.69, 9.17) is 4.52 Å². The molecule has 0 aliphatic rings. The molecule has 0 fully saturated rings. The smallest absolute Gasteiger partial charge is 0.360 e. The number of benzene rings is 1. The van der Waals surface area contributed by atoms with E-state index in [2.05, 4.69) is 10.1 Å². The van der Waals surface area contributed by atoms with Crippen molar-refractivity contribution >= 4 is 0 Å². The Morgan fingerprint density at radius 3 is 2.70 bits per heavy atom. The van der Waals surface area contributed by atoms with Crippen molar-refractivity contribution in [3.05, 3.63) is 75.9 Å². The summed E-state index contributed by atoms with van der Waals surface area (Å²) in [6.07, 6.45) is -2.72. The molecule has 7 heteroatoms. The average Bonchev–Trinajstić information content (AvgIpc) is 2.95. The van der Waals surface area contributed by atoms with E-state index in [1.807, 2.05) is 0 Å². The third kappa shape index (κ3) is 3.50. The third-order valence-corrected chi connectivity index (χ3v) is 3.26. The van der Waals surface area contributed by atoms with E-state index in [0.29, 0.717) is 22.6 Å². The molecule has 2 aromatic heterocycles. The average molecular weight is 320 g/mol. The molecular formula is C16H11F3N2O2. The molecule has 1 aromatic carbocycles. The Morgan fingerprint density at radius 1 is 1.13 bits per heavy atom. The van der Waals surface area contributed by atoms with Crippen molar-refractivity contribution in [3.63, 3.8) is 0 Å². The van der Waals surface area contributed by atoms with Crippen LogP contribution in [0.1, 0.15) is 16.9 Å². The first-order valence-electron chi connectivity index (χ1n) is 6.73. The van der Waals surface area contributed by atoms with Gasteiger partial charge in [-0.25, -0.2) is 0 Å². The largest absolute Gasteiger partial charge is 0.416 e. The van der Waals surface area contributed by atoms with Gasteiger partial charge in [0, 0.05) is 30.3 Å². The minimum atomic E-state index is -4.38. The van der Waals surface area contributed by atoms with E-state index in [9.17, 15) is 18.0 Å². The molecule has 0 saturated heterocycles. The molecule has 23 heavy (non-hydrogen) atoms. The van der Waals surface area contributed by atoms with Gasteiger partial charge in [0.15, 0.2) is 0 Å². The van der Waals surface area contributed by atoms with Crippen LogP contribution in [0, 0.1) is 0 Å². The number of aromatic nitrogens is 2. The zero-order chi connectivity index (χ0) is 16.4. The van der Waals surface area contributed by atoms with Crippen LogP contribution in [0.5, 0.6) is 0 Å². The van der Waals surface area contributed by atoms with E-state index >= 15 is 0 Å². The number of halogens is 3. The second kappa shape index (κ2) is 5.75. The van der Waals surface area contributed by atoms with Gasteiger partial charge in [0.25, 0.3) is 0 Å². The Balaban J connectivity index is 1.84. The van der Waals surface area contributed by atoms with Crippen molar-refractivity contribution in [3.8, 4) is 11.3 Å². The van der Waals surface area contributed by atoms with Gasteiger partial charge in [-0.15, -0.1) is 0 Å². The van der Waals surface area contributed by atoms with Gasteiger partial charge in [-0.05, 0) is 17.7 Å². The number of pyridine rings is 1. The van der Waals surface area contributed by atoms with Crippen molar-refractivity contribution < 1.29 is 17.7 Å². The van der Waals surface area contributed by atoms with Gasteiger partial charge in [-0.2, -0.15) is 13.2 Å². The molecule has 2 heterocycles. The molecular weight excluding hydrogens is 309 g/mol. The van der Waals surface area contributed by atoms with E-state index in [-0.39, 0.29) is 12.0 Å². The Hall–Kier alpha value is -2.83. The van der Waals surface area contributed by atoms with Gasteiger partial charge in [0.2, 0.25) is 5.56 Å². The SMILES string of the molecule is O=c1cc(-c2cc(Cc3cccc(C(F)(F)F)c3)on2)cc[nH]1. The van der Waals surface area contributed by atoms with Crippen molar-refractivity contribution in [1.29, 1.82) is 0 Å². The summed E-state index contributed by atoms with van der Waals surface area (Å²) in [5.41, 5.74) is 0.522. The van der Waals surface area contributed by atoms with Crippen LogP contribution in [0.2, 0.25) is 0 Å². The molecule has 0 aliphatic carbocycles. The highest BCUT2D eigenvalue weighted by Gasteiger charge is 2.30. The van der Waals surface area contributed by atoms with Gasteiger partial charge in [0.1, 0.15) is 11.5 Å². The number of nitrogens with one attached hydrogen (secondary N) is 1. The van der Waals surface area contributed by atoms with Crippen LogP contribution in [0.3, 0.4) is 0 Å². The molecule has 0 amide bonds. The standard InChI is InChI=1S/C16H11F3N2O2/c17-16(18,19)12-3-1-2-10(6-12)7-13-9-14(21-23-13)11-4-5-20-15(22)8-11/h1-6,8-9H,7H2,(H,20,22). The molecule has 4 nitrogen and oxygen atoms in total. The summed E-state index contributed by atoms with van der Waals surface area (Å²) < 4.78 is 43.2. The molecule has 3 rings (SSSR count). The van der Waals surface area contributed by atoms with Crippen molar-refractivity contribution in [2.24, 2.45) is 0 Å². The van der Waals surface area contributed by atoms with Crippen LogP contribution in [0.4, 0.5) is 13.2 Å². The van der Waals surface area contributed by atoms with Crippen molar-refractivity contribution in [1.82, 2.24) is 10.1 Å². The molecule has 118 valence electrons. The number of alkyl halides is 3. The summed E-state index contributed by atoms with van der Waals surface area (Å²) in [6.45, 7) is 0. The lowest BCUT2D eigenvalue weighted by Gasteiger charge is -2.07. The van der Waals surface area contributed by atoms with Crippen LogP contribution in [0.25, 0.3) is 11.3 Å². The fraction of sp³-hybridized carbons (Fsp3) is 0.125. The van der Waals surface area contributed by atoms with Crippen LogP contribution in [0.15, 0.2) is 58.0 Å². The second-order valence-electron chi connectivity index (χ2n) is 4.99. The fourth-order valence-electron chi connectivity index (χ4n) is 2.20.